The molecule has 0 spiro atoms. The van der Waals surface area contributed by atoms with Gasteiger partial charge in [0.05, 0.1) is 23.4 Å². The summed E-state index contributed by atoms with van der Waals surface area (Å²) in [4.78, 5) is 14.9. The monoisotopic (exact) mass is 203 g/mol. The molecule has 1 unspecified atom stereocenters. The van der Waals surface area contributed by atoms with Gasteiger partial charge in [-0.15, -0.1) is 0 Å². The summed E-state index contributed by atoms with van der Waals surface area (Å²) in [5.41, 5.74) is 1.37. The van der Waals surface area contributed by atoms with Crippen LogP contribution in [0.3, 0.4) is 0 Å². The molecule has 0 saturated carbocycles. The molecular formula is C11H13N3O. The Labute approximate surface area is 88.6 Å². The fraction of sp³-hybridized carbons (Fsp3) is 0.364. The van der Waals surface area contributed by atoms with E-state index < -0.39 is 5.41 Å². The number of aromatic nitrogens is 1. The van der Waals surface area contributed by atoms with Gasteiger partial charge in [0.1, 0.15) is 6.29 Å². The third-order valence-electron chi connectivity index (χ3n) is 2.80. The number of carbonyl (C=O) groups excluding carboxylic acids is 1. The molecule has 2 heterocycles. The van der Waals surface area contributed by atoms with Gasteiger partial charge in [-0.05, 0) is 26.0 Å². The molecule has 0 aliphatic carbocycles. The average Bonchev–Trinajstić information content (AvgIpc) is 2.58. The molecule has 1 atom stereocenters. The summed E-state index contributed by atoms with van der Waals surface area (Å²) in [5.74, 6) is 0. The minimum Gasteiger partial charge on any atom is -0.302 e. The zero-order valence-corrected chi connectivity index (χ0v) is 8.84. The standard InChI is InChI=1S/C11H13N3O/c1-9-11(2,8-15)7-14(13-9)10-3-5-12-6-4-10/h3-6,8H,7H2,1-2H3. The van der Waals surface area contributed by atoms with Gasteiger partial charge in [-0.25, -0.2) is 0 Å². The van der Waals surface area contributed by atoms with E-state index in [0.717, 1.165) is 17.7 Å². The van der Waals surface area contributed by atoms with Crippen LogP contribution in [0, 0.1) is 5.41 Å². The number of aldehydes is 1. The lowest BCUT2D eigenvalue weighted by Crippen LogP contribution is -2.31. The van der Waals surface area contributed by atoms with Crippen molar-refractivity contribution in [3.05, 3.63) is 24.5 Å². The van der Waals surface area contributed by atoms with E-state index in [9.17, 15) is 4.79 Å². The minimum absolute atomic E-state index is 0.455. The van der Waals surface area contributed by atoms with Crippen LogP contribution in [0.2, 0.25) is 0 Å². The Morgan fingerprint density at radius 2 is 2.13 bits per heavy atom. The van der Waals surface area contributed by atoms with Crippen molar-refractivity contribution >= 4 is 17.7 Å². The van der Waals surface area contributed by atoms with Crippen molar-refractivity contribution in [2.75, 3.05) is 11.6 Å². The van der Waals surface area contributed by atoms with Gasteiger partial charge in [0.25, 0.3) is 0 Å². The maximum Gasteiger partial charge on any atom is 0.133 e. The number of hydrogen-bond acceptors (Lipinski definition) is 4. The van der Waals surface area contributed by atoms with Crippen LogP contribution in [-0.2, 0) is 4.79 Å². The fourth-order valence-corrected chi connectivity index (χ4v) is 1.54. The van der Waals surface area contributed by atoms with E-state index >= 15 is 0 Å². The van der Waals surface area contributed by atoms with Crippen LogP contribution in [0.4, 0.5) is 5.69 Å². The summed E-state index contributed by atoms with van der Waals surface area (Å²) in [6.07, 6.45) is 4.40. The van der Waals surface area contributed by atoms with Crippen molar-refractivity contribution in [2.24, 2.45) is 10.5 Å². The first-order valence-corrected chi connectivity index (χ1v) is 4.85. The van der Waals surface area contributed by atoms with Crippen molar-refractivity contribution in [3.8, 4) is 0 Å². The Morgan fingerprint density at radius 3 is 2.67 bits per heavy atom. The average molecular weight is 203 g/mol. The van der Waals surface area contributed by atoms with Crippen molar-refractivity contribution in [2.45, 2.75) is 13.8 Å². The Balaban J connectivity index is 2.28. The number of nitrogens with zero attached hydrogens (tertiary/aromatic N) is 3. The molecule has 1 aliphatic heterocycles. The van der Waals surface area contributed by atoms with Gasteiger partial charge in [-0.2, -0.15) is 5.10 Å². The molecule has 0 radical (unpaired) electrons. The number of rotatable bonds is 2. The zero-order chi connectivity index (χ0) is 10.9. The highest BCUT2D eigenvalue weighted by Gasteiger charge is 2.36. The molecule has 0 bridgehead atoms. The van der Waals surface area contributed by atoms with Crippen LogP contribution >= 0.6 is 0 Å². The molecule has 0 saturated heterocycles. The molecule has 4 nitrogen and oxygen atoms in total. The summed E-state index contributed by atoms with van der Waals surface area (Å²) in [6, 6.07) is 3.76. The van der Waals surface area contributed by atoms with Crippen molar-refractivity contribution in [3.63, 3.8) is 0 Å². The molecule has 2 rings (SSSR count). The molecule has 1 aliphatic rings. The molecule has 1 aromatic heterocycles. The largest absolute Gasteiger partial charge is 0.302 e. The van der Waals surface area contributed by atoms with Crippen LogP contribution in [0.1, 0.15) is 13.8 Å². The Morgan fingerprint density at radius 1 is 1.47 bits per heavy atom. The number of hydrogen-bond donors (Lipinski definition) is 0. The molecular weight excluding hydrogens is 190 g/mol. The van der Waals surface area contributed by atoms with Crippen molar-refractivity contribution < 1.29 is 4.79 Å². The van der Waals surface area contributed by atoms with Gasteiger partial charge in [-0.3, -0.25) is 9.99 Å². The predicted molar refractivity (Wildman–Crippen MR) is 58.9 cm³/mol. The summed E-state index contributed by atoms with van der Waals surface area (Å²) in [7, 11) is 0. The topological polar surface area (TPSA) is 45.6 Å². The van der Waals surface area contributed by atoms with Crippen molar-refractivity contribution in [1.29, 1.82) is 0 Å². The van der Waals surface area contributed by atoms with Crippen molar-refractivity contribution in [1.82, 2.24) is 4.98 Å². The lowest BCUT2D eigenvalue weighted by Gasteiger charge is -2.18. The van der Waals surface area contributed by atoms with Crippen LogP contribution in [0.25, 0.3) is 0 Å². The van der Waals surface area contributed by atoms with E-state index in [1.165, 1.54) is 0 Å². The summed E-state index contributed by atoms with van der Waals surface area (Å²) in [5, 5.41) is 6.21. The van der Waals surface area contributed by atoms with E-state index in [2.05, 4.69) is 10.1 Å². The lowest BCUT2D eigenvalue weighted by atomic mass is 9.88. The van der Waals surface area contributed by atoms with Crippen LogP contribution in [-0.4, -0.2) is 23.5 Å². The molecule has 0 N–H and O–H groups in total. The van der Waals surface area contributed by atoms with Crippen LogP contribution < -0.4 is 5.01 Å². The second-order valence-corrected chi connectivity index (χ2v) is 3.98. The molecule has 15 heavy (non-hydrogen) atoms. The molecule has 0 aromatic carbocycles. The van der Waals surface area contributed by atoms with Gasteiger partial charge in [0.2, 0.25) is 0 Å². The summed E-state index contributed by atoms with van der Waals surface area (Å²) >= 11 is 0. The maximum atomic E-state index is 11.0. The van der Waals surface area contributed by atoms with Crippen LogP contribution in [0.15, 0.2) is 29.6 Å². The Bertz CT molecular complexity index is 402. The third kappa shape index (κ3) is 1.63. The molecule has 0 amide bonds. The highest BCUT2D eigenvalue weighted by molar-refractivity contribution is 6.02. The number of carbonyl (C=O) groups is 1. The van der Waals surface area contributed by atoms with Gasteiger partial charge >= 0.3 is 0 Å². The first-order valence-electron chi connectivity index (χ1n) is 4.85. The zero-order valence-electron chi connectivity index (χ0n) is 8.84. The number of anilines is 1. The van der Waals surface area contributed by atoms with E-state index in [-0.39, 0.29) is 0 Å². The maximum absolute atomic E-state index is 11.0. The number of hydrazone groups is 1. The molecule has 4 heteroatoms. The van der Waals surface area contributed by atoms with E-state index in [0.29, 0.717) is 6.54 Å². The van der Waals surface area contributed by atoms with Gasteiger partial charge in [-0.1, -0.05) is 0 Å². The first-order chi connectivity index (χ1) is 7.15. The Hall–Kier alpha value is -1.71. The highest BCUT2D eigenvalue weighted by atomic mass is 16.1. The highest BCUT2D eigenvalue weighted by Crippen LogP contribution is 2.28. The predicted octanol–water partition coefficient (Wildman–Crippen LogP) is 1.48. The molecule has 78 valence electrons. The van der Waals surface area contributed by atoms with E-state index in [1.807, 2.05) is 31.0 Å². The van der Waals surface area contributed by atoms with E-state index in [1.54, 1.807) is 12.4 Å². The van der Waals surface area contributed by atoms with Gasteiger partial charge in [0.15, 0.2) is 0 Å². The SMILES string of the molecule is CC1=NN(c2ccncc2)CC1(C)C=O. The van der Waals surface area contributed by atoms with Gasteiger partial charge in [0, 0.05) is 12.4 Å². The van der Waals surface area contributed by atoms with Crippen LogP contribution in [0.5, 0.6) is 0 Å². The fourth-order valence-electron chi connectivity index (χ4n) is 1.54. The summed E-state index contributed by atoms with van der Waals surface area (Å²) in [6.45, 7) is 4.39. The molecule has 0 fully saturated rings. The molecule has 1 aromatic rings. The third-order valence-corrected chi connectivity index (χ3v) is 2.80. The second kappa shape index (κ2) is 3.46. The minimum atomic E-state index is -0.455. The normalized spacial score (nSPS) is 25.2. The smallest absolute Gasteiger partial charge is 0.133 e. The number of pyridine rings is 1. The first kappa shape index (κ1) is 9.83. The quantitative estimate of drug-likeness (QED) is 0.684. The second-order valence-electron chi connectivity index (χ2n) is 3.98. The Kier molecular flexibility index (Phi) is 2.26. The van der Waals surface area contributed by atoms with Gasteiger partial charge < -0.3 is 4.79 Å². The summed E-state index contributed by atoms with van der Waals surface area (Å²) < 4.78 is 0. The van der Waals surface area contributed by atoms with E-state index in [4.69, 9.17) is 0 Å². The lowest BCUT2D eigenvalue weighted by molar-refractivity contribution is -0.112.